The third-order valence-corrected chi connectivity index (χ3v) is 4.92. The topological polar surface area (TPSA) is 61.7 Å². The van der Waals surface area contributed by atoms with Gasteiger partial charge in [-0.2, -0.15) is 0 Å². The van der Waals surface area contributed by atoms with E-state index < -0.39 is 0 Å². The van der Waals surface area contributed by atoms with Gasteiger partial charge in [-0.1, -0.05) is 0 Å². The maximum absolute atomic E-state index is 9.44. The molecule has 1 saturated carbocycles. The Balaban J connectivity index is 1.41. The summed E-state index contributed by atoms with van der Waals surface area (Å²) in [5.74, 6) is 1.39. The van der Waals surface area contributed by atoms with Crippen molar-refractivity contribution in [3.8, 4) is 0 Å². The molecule has 0 aromatic carbocycles. The van der Waals surface area contributed by atoms with Crippen LogP contribution in [0, 0.1) is 0 Å². The Kier molecular flexibility index (Phi) is 5.80. The van der Waals surface area contributed by atoms with Crippen LogP contribution in [0.3, 0.4) is 0 Å². The highest BCUT2D eigenvalue weighted by molar-refractivity contribution is 5.39. The number of rotatable bonds is 7. The Hall–Kier alpha value is -1.24. The van der Waals surface area contributed by atoms with Crippen molar-refractivity contribution in [2.75, 3.05) is 51.3 Å². The van der Waals surface area contributed by atoms with E-state index >= 15 is 0 Å². The first-order valence-corrected chi connectivity index (χ1v) is 8.73. The van der Waals surface area contributed by atoms with E-state index in [1.807, 2.05) is 0 Å². The Bertz CT molecular complexity index is 487. The number of aromatic nitrogens is 2. The highest BCUT2D eigenvalue weighted by Crippen LogP contribution is 2.36. The number of aliphatic hydroxyl groups excluding tert-OH is 1. The summed E-state index contributed by atoms with van der Waals surface area (Å²) >= 11 is 0. The maximum Gasteiger partial charge on any atom is 0.131 e. The standard InChI is InChI=1S/C17H28N4O2/c1-20(4-2-3-5-21-6-8-23-9-7-21)17-12-16(18-13-19-17)14-10-15(22)11-14/h12-15,22H,2-11H2,1H3. The molecule has 6 nitrogen and oxygen atoms in total. The second-order valence-corrected chi connectivity index (χ2v) is 6.71. The molecule has 0 spiro atoms. The molecule has 0 bridgehead atoms. The minimum absolute atomic E-state index is 0.142. The monoisotopic (exact) mass is 320 g/mol. The van der Waals surface area contributed by atoms with E-state index in [0.717, 1.165) is 70.2 Å². The van der Waals surface area contributed by atoms with Gasteiger partial charge in [-0.05, 0) is 32.2 Å². The number of aliphatic hydroxyl groups is 1. The lowest BCUT2D eigenvalue weighted by Gasteiger charge is -2.31. The fraction of sp³-hybridized carbons (Fsp3) is 0.765. The first-order chi connectivity index (χ1) is 11.2. The first-order valence-electron chi connectivity index (χ1n) is 8.73. The largest absolute Gasteiger partial charge is 0.393 e. The molecule has 6 heteroatoms. The quantitative estimate of drug-likeness (QED) is 0.763. The zero-order valence-corrected chi connectivity index (χ0v) is 14.0. The molecule has 0 unspecified atom stereocenters. The molecule has 128 valence electrons. The molecular formula is C17H28N4O2. The summed E-state index contributed by atoms with van der Waals surface area (Å²) in [5, 5.41) is 9.44. The predicted molar refractivity (Wildman–Crippen MR) is 89.8 cm³/mol. The van der Waals surface area contributed by atoms with Crippen molar-refractivity contribution in [2.24, 2.45) is 0 Å². The van der Waals surface area contributed by atoms with Crippen LogP contribution in [0.2, 0.25) is 0 Å². The zero-order valence-electron chi connectivity index (χ0n) is 14.0. The molecule has 2 aliphatic rings. The minimum atomic E-state index is -0.142. The van der Waals surface area contributed by atoms with E-state index in [1.54, 1.807) is 6.33 Å². The van der Waals surface area contributed by atoms with Crippen LogP contribution in [0.4, 0.5) is 5.82 Å². The highest BCUT2D eigenvalue weighted by atomic mass is 16.5. The summed E-state index contributed by atoms with van der Waals surface area (Å²) in [6.45, 7) is 6.05. The summed E-state index contributed by atoms with van der Waals surface area (Å²) < 4.78 is 5.37. The van der Waals surface area contributed by atoms with E-state index in [1.165, 1.54) is 6.42 Å². The SMILES string of the molecule is CN(CCCCN1CCOCC1)c1cc(C2CC(O)C2)ncn1. The van der Waals surface area contributed by atoms with E-state index in [-0.39, 0.29) is 6.10 Å². The Morgan fingerprint density at radius 3 is 2.78 bits per heavy atom. The smallest absolute Gasteiger partial charge is 0.131 e. The highest BCUT2D eigenvalue weighted by Gasteiger charge is 2.29. The van der Waals surface area contributed by atoms with Crippen molar-refractivity contribution >= 4 is 5.82 Å². The number of morpholine rings is 1. The van der Waals surface area contributed by atoms with Gasteiger partial charge in [-0.25, -0.2) is 9.97 Å². The number of hydrogen-bond donors (Lipinski definition) is 1. The molecule has 1 aliphatic carbocycles. The van der Waals surface area contributed by atoms with Crippen molar-refractivity contribution in [3.63, 3.8) is 0 Å². The number of anilines is 1. The molecule has 0 radical (unpaired) electrons. The van der Waals surface area contributed by atoms with Gasteiger partial charge in [0.25, 0.3) is 0 Å². The van der Waals surface area contributed by atoms with Crippen LogP contribution in [-0.4, -0.2) is 72.5 Å². The summed E-state index contributed by atoms with van der Waals surface area (Å²) in [4.78, 5) is 13.4. The van der Waals surface area contributed by atoms with Crippen molar-refractivity contribution in [2.45, 2.75) is 37.7 Å². The van der Waals surface area contributed by atoms with E-state index in [9.17, 15) is 5.11 Å². The van der Waals surface area contributed by atoms with Gasteiger partial charge in [-0.15, -0.1) is 0 Å². The van der Waals surface area contributed by atoms with Gasteiger partial charge in [0.15, 0.2) is 0 Å². The van der Waals surface area contributed by atoms with Crippen LogP contribution in [0.5, 0.6) is 0 Å². The molecule has 1 N–H and O–H groups in total. The van der Waals surface area contributed by atoms with Crippen LogP contribution in [0.25, 0.3) is 0 Å². The van der Waals surface area contributed by atoms with Crippen LogP contribution < -0.4 is 4.90 Å². The molecular weight excluding hydrogens is 292 g/mol. The average Bonchev–Trinajstić information content (AvgIpc) is 2.57. The van der Waals surface area contributed by atoms with E-state index in [0.29, 0.717) is 5.92 Å². The summed E-state index contributed by atoms with van der Waals surface area (Å²) in [5.41, 5.74) is 1.07. The Morgan fingerprint density at radius 1 is 1.26 bits per heavy atom. The van der Waals surface area contributed by atoms with Gasteiger partial charge < -0.3 is 14.7 Å². The second kappa shape index (κ2) is 8.04. The van der Waals surface area contributed by atoms with Crippen LogP contribution in [-0.2, 0) is 4.74 Å². The lowest BCUT2D eigenvalue weighted by Crippen LogP contribution is -2.37. The lowest BCUT2D eigenvalue weighted by molar-refractivity contribution is 0.0372. The molecule has 2 fully saturated rings. The van der Waals surface area contributed by atoms with Crippen molar-refractivity contribution in [1.29, 1.82) is 0 Å². The Labute approximate surface area is 138 Å². The number of hydrogen-bond acceptors (Lipinski definition) is 6. The maximum atomic E-state index is 9.44. The molecule has 1 aliphatic heterocycles. The minimum Gasteiger partial charge on any atom is -0.393 e. The van der Waals surface area contributed by atoms with Crippen LogP contribution in [0.1, 0.15) is 37.3 Å². The molecule has 2 heterocycles. The van der Waals surface area contributed by atoms with E-state index in [4.69, 9.17) is 4.74 Å². The number of unbranched alkanes of at least 4 members (excludes halogenated alkanes) is 1. The van der Waals surface area contributed by atoms with Crippen molar-refractivity contribution < 1.29 is 9.84 Å². The lowest BCUT2D eigenvalue weighted by atomic mass is 9.80. The van der Waals surface area contributed by atoms with Gasteiger partial charge in [-0.3, -0.25) is 4.90 Å². The Morgan fingerprint density at radius 2 is 2.04 bits per heavy atom. The molecule has 1 aromatic heterocycles. The molecule has 0 amide bonds. The fourth-order valence-electron chi connectivity index (χ4n) is 3.25. The molecule has 0 atom stereocenters. The van der Waals surface area contributed by atoms with Crippen molar-refractivity contribution in [1.82, 2.24) is 14.9 Å². The van der Waals surface area contributed by atoms with Crippen molar-refractivity contribution in [3.05, 3.63) is 18.1 Å². The van der Waals surface area contributed by atoms with E-state index in [2.05, 4.69) is 32.9 Å². The summed E-state index contributed by atoms with van der Waals surface area (Å²) in [6.07, 6.45) is 5.54. The van der Waals surface area contributed by atoms with Gasteiger partial charge in [0.1, 0.15) is 12.1 Å². The third-order valence-electron chi connectivity index (χ3n) is 4.92. The zero-order chi connectivity index (χ0) is 16.1. The number of ether oxygens (including phenoxy) is 1. The molecule has 1 saturated heterocycles. The second-order valence-electron chi connectivity index (χ2n) is 6.71. The molecule has 1 aromatic rings. The van der Waals surface area contributed by atoms with Crippen LogP contribution >= 0.6 is 0 Å². The molecule has 23 heavy (non-hydrogen) atoms. The van der Waals surface area contributed by atoms with Gasteiger partial charge >= 0.3 is 0 Å². The summed E-state index contributed by atoms with van der Waals surface area (Å²) in [6, 6.07) is 2.08. The predicted octanol–water partition coefficient (Wildman–Crippen LogP) is 1.26. The first kappa shape index (κ1) is 16.6. The average molecular weight is 320 g/mol. The fourth-order valence-corrected chi connectivity index (χ4v) is 3.25. The van der Waals surface area contributed by atoms with Gasteiger partial charge in [0, 0.05) is 44.4 Å². The number of nitrogens with zero attached hydrogens (tertiary/aromatic N) is 4. The molecule has 3 rings (SSSR count). The van der Waals surface area contributed by atoms with Gasteiger partial charge in [0.2, 0.25) is 0 Å². The van der Waals surface area contributed by atoms with Crippen LogP contribution in [0.15, 0.2) is 12.4 Å². The summed E-state index contributed by atoms with van der Waals surface area (Å²) in [7, 11) is 2.09. The third kappa shape index (κ3) is 4.62. The normalized spacial score (nSPS) is 25.1. The van der Waals surface area contributed by atoms with Gasteiger partial charge in [0.05, 0.1) is 19.3 Å².